The van der Waals surface area contributed by atoms with Crippen molar-refractivity contribution in [2.45, 2.75) is 25.8 Å². The summed E-state index contributed by atoms with van der Waals surface area (Å²) in [4.78, 5) is 0. The lowest BCUT2D eigenvalue weighted by atomic mass is 10.1. The Morgan fingerprint density at radius 3 is 2.68 bits per heavy atom. The van der Waals surface area contributed by atoms with Gasteiger partial charge in [0.1, 0.15) is 15.6 Å². The third-order valence-electron chi connectivity index (χ3n) is 2.48. The van der Waals surface area contributed by atoms with Gasteiger partial charge in [0.15, 0.2) is 0 Å². The van der Waals surface area contributed by atoms with Crippen LogP contribution in [0.3, 0.4) is 0 Å². The van der Waals surface area contributed by atoms with Crippen LogP contribution in [-0.4, -0.2) is 33.1 Å². The molecule has 0 spiro atoms. The van der Waals surface area contributed by atoms with Gasteiger partial charge in [-0.15, -0.1) is 0 Å². The minimum absolute atomic E-state index is 0.0110. The minimum Gasteiger partial charge on any atom is -0.493 e. The molecule has 1 unspecified atom stereocenters. The van der Waals surface area contributed by atoms with E-state index in [9.17, 15) is 8.42 Å². The summed E-state index contributed by atoms with van der Waals surface area (Å²) in [6, 6.07) is 5.38. The van der Waals surface area contributed by atoms with Crippen LogP contribution in [0.2, 0.25) is 5.02 Å². The SMILES string of the molecule is CC(N)Cc1cc(Cl)ccc1OCCCS(C)(=O)=O. The van der Waals surface area contributed by atoms with Gasteiger partial charge in [0.2, 0.25) is 0 Å². The van der Waals surface area contributed by atoms with Crippen LogP contribution in [0.1, 0.15) is 18.9 Å². The molecule has 0 saturated carbocycles. The second-order valence-electron chi connectivity index (χ2n) is 4.77. The molecule has 1 aromatic carbocycles. The average Bonchev–Trinajstić information content (AvgIpc) is 2.24. The molecular weight excluding hydrogens is 286 g/mol. The molecule has 108 valence electrons. The molecule has 0 fully saturated rings. The maximum atomic E-state index is 11.0. The first-order valence-electron chi connectivity index (χ1n) is 6.12. The van der Waals surface area contributed by atoms with E-state index >= 15 is 0 Å². The van der Waals surface area contributed by atoms with Crippen LogP contribution in [0.25, 0.3) is 0 Å². The number of rotatable bonds is 7. The Labute approximate surface area is 119 Å². The summed E-state index contributed by atoms with van der Waals surface area (Å²) in [7, 11) is -2.94. The molecule has 1 aromatic rings. The third-order valence-corrected chi connectivity index (χ3v) is 3.75. The highest BCUT2D eigenvalue weighted by molar-refractivity contribution is 7.90. The molecule has 1 atom stereocenters. The van der Waals surface area contributed by atoms with Crippen LogP contribution in [-0.2, 0) is 16.3 Å². The lowest BCUT2D eigenvalue weighted by Gasteiger charge is -2.13. The number of sulfone groups is 1. The Morgan fingerprint density at radius 2 is 2.11 bits per heavy atom. The van der Waals surface area contributed by atoms with Crippen LogP contribution in [0.15, 0.2) is 18.2 Å². The van der Waals surface area contributed by atoms with Crippen LogP contribution < -0.4 is 10.5 Å². The van der Waals surface area contributed by atoms with E-state index in [2.05, 4.69) is 0 Å². The van der Waals surface area contributed by atoms with E-state index in [1.165, 1.54) is 6.26 Å². The number of hydrogen-bond acceptors (Lipinski definition) is 4. The molecule has 1 rings (SSSR count). The van der Waals surface area contributed by atoms with E-state index in [0.29, 0.717) is 24.5 Å². The first kappa shape index (κ1) is 16.3. The van der Waals surface area contributed by atoms with Gasteiger partial charge in [-0.1, -0.05) is 11.6 Å². The highest BCUT2D eigenvalue weighted by Crippen LogP contribution is 2.24. The quantitative estimate of drug-likeness (QED) is 0.783. The summed E-state index contributed by atoms with van der Waals surface area (Å²) >= 11 is 5.95. The van der Waals surface area contributed by atoms with Crippen LogP contribution in [0, 0.1) is 0 Å². The smallest absolute Gasteiger partial charge is 0.147 e. The van der Waals surface area contributed by atoms with Crippen molar-refractivity contribution in [2.75, 3.05) is 18.6 Å². The molecule has 0 saturated heterocycles. The summed E-state index contributed by atoms with van der Waals surface area (Å²) in [5, 5.41) is 0.638. The number of nitrogens with two attached hydrogens (primary N) is 1. The molecule has 0 aliphatic carbocycles. The number of ether oxygens (including phenoxy) is 1. The molecule has 19 heavy (non-hydrogen) atoms. The van der Waals surface area contributed by atoms with Crippen molar-refractivity contribution >= 4 is 21.4 Å². The van der Waals surface area contributed by atoms with Crippen molar-refractivity contribution in [3.8, 4) is 5.75 Å². The summed E-state index contributed by atoms with van der Waals surface area (Å²) < 4.78 is 27.6. The fourth-order valence-corrected chi connectivity index (χ4v) is 2.54. The van der Waals surface area contributed by atoms with Gasteiger partial charge < -0.3 is 10.5 Å². The highest BCUT2D eigenvalue weighted by Gasteiger charge is 2.08. The van der Waals surface area contributed by atoms with E-state index in [-0.39, 0.29) is 11.8 Å². The van der Waals surface area contributed by atoms with Crippen molar-refractivity contribution in [3.05, 3.63) is 28.8 Å². The standard InChI is InChI=1S/C13H20ClNO3S/c1-10(15)8-11-9-12(14)4-5-13(11)18-6-3-7-19(2,16)17/h4-5,9-10H,3,6-8,15H2,1-2H3. The topological polar surface area (TPSA) is 69.4 Å². The summed E-state index contributed by atoms with van der Waals surface area (Å²) in [5.74, 6) is 0.846. The molecule has 4 nitrogen and oxygen atoms in total. The molecule has 0 heterocycles. The first-order valence-corrected chi connectivity index (χ1v) is 8.56. The molecular formula is C13H20ClNO3S. The second-order valence-corrected chi connectivity index (χ2v) is 7.46. The van der Waals surface area contributed by atoms with E-state index in [0.717, 1.165) is 11.3 Å². The van der Waals surface area contributed by atoms with E-state index in [4.69, 9.17) is 22.1 Å². The van der Waals surface area contributed by atoms with Crippen molar-refractivity contribution in [2.24, 2.45) is 5.73 Å². The van der Waals surface area contributed by atoms with Gasteiger partial charge in [0.25, 0.3) is 0 Å². The zero-order valence-corrected chi connectivity index (χ0v) is 12.8. The van der Waals surface area contributed by atoms with Crippen LogP contribution in [0.4, 0.5) is 0 Å². The Morgan fingerprint density at radius 1 is 1.42 bits per heavy atom. The Balaban J connectivity index is 2.62. The van der Waals surface area contributed by atoms with Crippen LogP contribution in [0.5, 0.6) is 5.75 Å². The van der Waals surface area contributed by atoms with E-state index in [1.54, 1.807) is 12.1 Å². The monoisotopic (exact) mass is 305 g/mol. The van der Waals surface area contributed by atoms with Crippen LogP contribution >= 0.6 is 11.6 Å². The zero-order valence-electron chi connectivity index (χ0n) is 11.2. The molecule has 0 aromatic heterocycles. The molecule has 0 bridgehead atoms. The zero-order chi connectivity index (χ0) is 14.5. The van der Waals surface area contributed by atoms with Gasteiger partial charge >= 0.3 is 0 Å². The molecule has 2 N–H and O–H groups in total. The molecule has 0 aliphatic heterocycles. The van der Waals surface area contributed by atoms with Gasteiger partial charge in [-0.2, -0.15) is 0 Å². The van der Waals surface area contributed by atoms with Gasteiger partial charge in [0.05, 0.1) is 12.4 Å². The van der Waals surface area contributed by atoms with Crippen molar-refractivity contribution in [3.63, 3.8) is 0 Å². The molecule has 0 amide bonds. The predicted molar refractivity (Wildman–Crippen MR) is 78.6 cm³/mol. The Hall–Kier alpha value is -0.780. The fourth-order valence-electron chi connectivity index (χ4n) is 1.70. The second kappa shape index (κ2) is 7.12. The van der Waals surface area contributed by atoms with E-state index in [1.807, 2.05) is 13.0 Å². The van der Waals surface area contributed by atoms with Gasteiger partial charge in [0, 0.05) is 17.3 Å². The first-order chi connectivity index (χ1) is 8.78. The number of hydrogen-bond donors (Lipinski definition) is 1. The fraction of sp³-hybridized carbons (Fsp3) is 0.538. The van der Waals surface area contributed by atoms with Crippen molar-refractivity contribution in [1.82, 2.24) is 0 Å². The summed E-state index contributed by atoms with van der Waals surface area (Å²) in [6.07, 6.45) is 2.36. The molecule has 0 radical (unpaired) electrons. The average molecular weight is 306 g/mol. The van der Waals surface area contributed by atoms with Gasteiger partial charge in [-0.25, -0.2) is 8.42 Å². The van der Waals surface area contributed by atoms with Gasteiger partial charge in [-0.3, -0.25) is 0 Å². The minimum atomic E-state index is -2.94. The lowest BCUT2D eigenvalue weighted by molar-refractivity contribution is 0.314. The summed E-state index contributed by atoms with van der Waals surface area (Å²) in [5.41, 5.74) is 6.72. The number of halogens is 1. The van der Waals surface area contributed by atoms with E-state index < -0.39 is 9.84 Å². The Kier molecular flexibility index (Phi) is 6.10. The molecule has 0 aliphatic rings. The maximum Gasteiger partial charge on any atom is 0.147 e. The van der Waals surface area contributed by atoms with Crippen molar-refractivity contribution < 1.29 is 13.2 Å². The lowest BCUT2D eigenvalue weighted by Crippen LogP contribution is -2.18. The summed E-state index contributed by atoms with van der Waals surface area (Å²) in [6.45, 7) is 2.27. The van der Waals surface area contributed by atoms with Gasteiger partial charge in [-0.05, 0) is 43.5 Å². The molecule has 6 heteroatoms. The predicted octanol–water partition coefficient (Wildman–Crippen LogP) is 2.04. The maximum absolute atomic E-state index is 11.0. The normalized spacial score (nSPS) is 13.3. The number of benzene rings is 1. The largest absolute Gasteiger partial charge is 0.493 e. The highest BCUT2D eigenvalue weighted by atomic mass is 35.5. The third kappa shape index (κ3) is 6.80. The Bertz CT molecular complexity index is 515. The van der Waals surface area contributed by atoms with Crippen molar-refractivity contribution in [1.29, 1.82) is 0 Å².